The molecule has 0 aromatic carbocycles. The monoisotopic (exact) mass is 255 g/mol. The third-order valence-corrected chi connectivity index (χ3v) is 3.80. The topological polar surface area (TPSA) is 12.0 Å². The van der Waals surface area contributed by atoms with Gasteiger partial charge in [0.15, 0.2) is 0 Å². The van der Waals surface area contributed by atoms with Crippen LogP contribution in [-0.2, 0) is 0 Å². The minimum atomic E-state index is 0.788. The van der Waals surface area contributed by atoms with E-state index in [0.29, 0.717) is 0 Å². The summed E-state index contributed by atoms with van der Waals surface area (Å²) in [5, 5.41) is 3.51. The smallest absolute Gasteiger partial charge is 0.00258 e. The third-order valence-electron chi connectivity index (χ3n) is 3.80. The van der Waals surface area contributed by atoms with Gasteiger partial charge in [-0.1, -0.05) is 79.1 Å². The van der Waals surface area contributed by atoms with E-state index in [1.807, 2.05) is 0 Å². The molecule has 0 amide bonds. The standard InChI is InChI=1S/C17H37N/c1-5-17(4)13-11-9-7-6-8-10-12-14-18-15-16(2)3/h16-18H,5-15H2,1-4H3. The van der Waals surface area contributed by atoms with E-state index in [1.165, 1.54) is 70.9 Å². The maximum atomic E-state index is 3.51. The van der Waals surface area contributed by atoms with Gasteiger partial charge in [-0.25, -0.2) is 0 Å². The first kappa shape index (κ1) is 18.0. The van der Waals surface area contributed by atoms with Gasteiger partial charge in [0.2, 0.25) is 0 Å². The van der Waals surface area contributed by atoms with Crippen molar-refractivity contribution >= 4 is 0 Å². The molecule has 0 radical (unpaired) electrons. The van der Waals surface area contributed by atoms with E-state index in [2.05, 4.69) is 33.0 Å². The molecular formula is C17H37N. The molecule has 0 aromatic rings. The molecule has 0 saturated heterocycles. The Morgan fingerprint density at radius 3 is 1.89 bits per heavy atom. The zero-order valence-electron chi connectivity index (χ0n) is 13.4. The van der Waals surface area contributed by atoms with Crippen molar-refractivity contribution in [3.05, 3.63) is 0 Å². The quantitative estimate of drug-likeness (QED) is 0.435. The van der Waals surface area contributed by atoms with Crippen LogP contribution >= 0.6 is 0 Å². The highest BCUT2D eigenvalue weighted by molar-refractivity contribution is 4.54. The Labute approximate surface area is 116 Å². The van der Waals surface area contributed by atoms with Crippen molar-refractivity contribution in [3.8, 4) is 0 Å². The summed E-state index contributed by atoms with van der Waals surface area (Å²) in [5.74, 6) is 1.73. The van der Waals surface area contributed by atoms with Gasteiger partial charge in [-0.15, -0.1) is 0 Å². The van der Waals surface area contributed by atoms with Crippen LogP contribution in [0.25, 0.3) is 0 Å². The first-order chi connectivity index (χ1) is 8.66. The summed E-state index contributed by atoms with van der Waals surface area (Å²) in [6, 6.07) is 0. The van der Waals surface area contributed by atoms with E-state index in [1.54, 1.807) is 0 Å². The minimum absolute atomic E-state index is 0.788. The molecule has 18 heavy (non-hydrogen) atoms. The van der Waals surface area contributed by atoms with Crippen LogP contribution in [0.3, 0.4) is 0 Å². The summed E-state index contributed by atoms with van der Waals surface area (Å²) < 4.78 is 0. The Kier molecular flexibility index (Phi) is 13.4. The van der Waals surface area contributed by atoms with Gasteiger partial charge in [-0.3, -0.25) is 0 Å². The van der Waals surface area contributed by atoms with Crippen molar-refractivity contribution in [2.75, 3.05) is 13.1 Å². The second-order valence-corrected chi connectivity index (χ2v) is 6.37. The number of unbranched alkanes of at least 4 members (excludes halogenated alkanes) is 6. The predicted octanol–water partition coefficient (Wildman–Crippen LogP) is 5.40. The Bertz CT molecular complexity index is 154. The van der Waals surface area contributed by atoms with Crippen LogP contribution in [0.2, 0.25) is 0 Å². The van der Waals surface area contributed by atoms with Gasteiger partial charge in [0.05, 0.1) is 0 Å². The third kappa shape index (κ3) is 14.0. The Morgan fingerprint density at radius 1 is 0.778 bits per heavy atom. The molecule has 0 aliphatic rings. The molecule has 1 N–H and O–H groups in total. The van der Waals surface area contributed by atoms with Crippen molar-refractivity contribution in [1.29, 1.82) is 0 Å². The second-order valence-electron chi connectivity index (χ2n) is 6.37. The normalized spacial score (nSPS) is 13.2. The molecule has 1 heteroatoms. The molecular weight excluding hydrogens is 218 g/mol. The lowest BCUT2D eigenvalue weighted by atomic mass is 10.00. The van der Waals surface area contributed by atoms with Crippen LogP contribution in [0.4, 0.5) is 0 Å². The molecule has 1 unspecified atom stereocenters. The van der Waals surface area contributed by atoms with Gasteiger partial charge < -0.3 is 5.32 Å². The van der Waals surface area contributed by atoms with Crippen LogP contribution in [-0.4, -0.2) is 13.1 Å². The van der Waals surface area contributed by atoms with Crippen molar-refractivity contribution in [3.63, 3.8) is 0 Å². The molecule has 0 saturated carbocycles. The lowest BCUT2D eigenvalue weighted by Crippen LogP contribution is -2.20. The first-order valence-corrected chi connectivity index (χ1v) is 8.37. The summed E-state index contributed by atoms with van der Waals surface area (Å²) >= 11 is 0. The van der Waals surface area contributed by atoms with E-state index in [-0.39, 0.29) is 0 Å². The molecule has 0 heterocycles. The fourth-order valence-electron chi connectivity index (χ4n) is 2.22. The number of hydrogen-bond acceptors (Lipinski definition) is 1. The van der Waals surface area contributed by atoms with E-state index < -0.39 is 0 Å². The molecule has 0 aromatic heterocycles. The van der Waals surface area contributed by atoms with Gasteiger partial charge in [0.25, 0.3) is 0 Å². The van der Waals surface area contributed by atoms with Gasteiger partial charge in [0, 0.05) is 0 Å². The van der Waals surface area contributed by atoms with Crippen molar-refractivity contribution in [2.24, 2.45) is 11.8 Å². The number of hydrogen-bond donors (Lipinski definition) is 1. The number of rotatable bonds is 13. The van der Waals surface area contributed by atoms with Gasteiger partial charge in [0.1, 0.15) is 0 Å². The van der Waals surface area contributed by atoms with Crippen molar-refractivity contribution in [1.82, 2.24) is 5.32 Å². The molecule has 0 bridgehead atoms. The molecule has 0 aliphatic carbocycles. The summed E-state index contributed by atoms with van der Waals surface area (Å²) in [4.78, 5) is 0. The van der Waals surface area contributed by atoms with Gasteiger partial charge >= 0.3 is 0 Å². The Morgan fingerprint density at radius 2 is 1.33 bits per heavy atom. The maximum absolute atomic E-state index is 3.51. The zero-order chi connectivity index (χ0) is 13.6. The van der Waals surface area contributed by atoms with Crippen LogP contribution in [0.5, 0.6) is 0 Å². The summed E-state index contributed by atoms with van der Waals surface area (Å²) in [7, 11) is 0. The minimum Gasteiger partial charge on any atom is -0.316 e. The predicted molar refractivity (Wildman–Crippen MR) is 84.1 cm³/mol. The summed E-state index contributed by atoms with van der Waals surface area (Å²) in [6.07, 6.45) is 12.8. The molecule has 110 valence electrons. The summed E-state index contributed by atoms with van der Waals surface area (Å²) in [6.45, 7) is 11.6. The fourth-order valence-corrected chi connectivity index (χ4v) is 2.22. The van der Waals surface area contributed by atoms with E-state index >= 15 is 0 Å². The Balaban J connectivity index is 2.99. The first-order valence-electron chi connectivity index (χ1n) is 8.37. The lowest BCUT2D eigenvalue weighted by Gasteiger charge is -2.08. The van der Waals surface area contributed by atoms with E-state index in [0.717, 1.165) is 11.8 Å². The largest absolute Gasteiger partial charge is 0.316 e. The lowest BCUT2D eigenvalue weighted by molar-refractivity contribution is 0.468. The molecule has 1 nitrogen and oxygen atoms in total. The van der Waals surface area contributed by atoms with Crippen LogP contribution in [0.15, 0.2) is 0 Å². The molecule has 0 rings (SSSR count). The van der Waals surface area contributed by atoms with Crippen molar-refractivity contribution in [2.45, 2.75) is 85.5 Å². The average molecular weight is 255 g/mol. The number of nitrogens with one attached hydrogen (secondary N) is 1. The van der Waals surface area contributed by atoms with Crippen LogP contribution < -0.4 is 5.32 Å². The highest BCUT2D eigenvalue weighted by Crippen LogP contribution is 2.14. The van der Waals surface area contributed by atoms with E-state index in [9.17, 15) is 0 Å². The zero-order valence-corrected chi connectivity index (χ0v) is 13.4. The Hall–Kier alpha value is -0.0400. The van der Waals surface area contributed by atoms with Crippen LogP contribution in [0, 0.1) is 11.8 Å². The van der Waals surface area contributed by atoms with Crippen LogP contribution in [0.1, 0.15) is 85.5 Å². The summed E-state index contributed by atoms with van der Waals surface area (Å²) in [5.41, 5.74) is 0. The highest BCUT2D eigenvalue weighted by Gasteiger charge is 1.98. The molecule has 1 atom stereocenters. The van der Waals surface area contributed by atoms with Crippen molar-refractivity contribution < 1.29 is 0 Å². The van der Waals surface area contributed by atoms with Gasteiger partial charge in [-0.05, 0) is 31.3 Å². The maximum Gasteiger partial charge on any atom is -0.00258 e. The highest BCUT2D eigenvalue weighted by atomic mass is 14.8. The molecule has 0 aliphatic heterocycles. The second kappa shape index (κ2) is 13.4. The van der Waals surface area contributed by atoms with E-state index in [4.69, 9.17) is 0 Å². The average Bonchev–Trinajstić information content (AvgIpc) is 2.35. The SMILES string of the molecule is CCC(C)CCCCCCCCCNCC(C)C. The molecule has 0 fully saturated rings. The molecule has 0 spiro atoms. The fraction of sp³-hybridized carbons (Fsp3) is 1.00. The van der Waals surface area contributed by atoms with Gasteiger partial charge in [-0.2, -0.15) is 0 Å².